The van der Waals surface area contributed by atoms with Crippen molar-refractivity contribution >= 4 is 0 Å². The Morgan fingerprint density at radius 2 is 2.55 bits per heavy atom. The van der Waals surface area contributed by atoms with Gasteiger partial charge in [0.25, 0.3) is 0 Å². The van der Waals surface area contributed by atoms with Gasteiger partial charge in [0.2, 0.25) is 0 Å². The maximum absolute atomic E-state index is 9.18. The Labute approximate surface area is 65.5 Å². The maximum atomic E-state index is 9.18. The van der Waals surface area contributed by atoms with Gasteiger partial charge >= 0.3 is 0 Å². The number of aromatic amines is 1. The Morgan fingerprint density at radius 1 is 1.82 bits per heavy atom. The molecule has 1 aromatic rings. The zero-order chi connectivity index (χ0) is 8.27. The molecule has 0 saturated carbocycles. The molecule has 1 heterocycles. The predicted octanol–water partition coefficient (Wildman–Crippen LogP) is -0.420. The minimum Gasteiger partial charge on any atom is -0.391 e. The van der Waals surface area contributed by atoms with Crippen molar-refractivity contribution in [2.75, 3.05) is 6.54 Å². The Kier molecular flexibility index (Phi) is 2.62. The van der Waals surface area contributed by atoms with Crippen molar-refractivity contribution in [1.29, 1.82) is 0 Å². The topological polar surface area (TPSA) is 74.9 Å². The molecule has 4 heteroatoms. The molecule has 1 aromatic heterocycles. The van der Waals surface area contributed by atoms with Gasteiger partial charge in [-0.1, -0.05) is 0 Å². The summed E-state index contributed by atoms with van der Waals surface area (Å²) in [7, 11) is 0. The van der Waals surface area contributed by atoms with E-state index in [1.54, 1.807) is 6.33 Å². The fourth-order valence-corrected chi connectivity index (χ4v) is 0.899. The maximum Gasteiger partial charge on any atom is 0.0925 e. The van der Waals surface area contributed by atoms with Crippen LogP contribution in [0.1, 0.15) is 11.4 Å². The second-order valence-electron chi connectivity index (χ2n) is 2.57. The molecular weight excluding hydrogens is 142 g/mol. The molecule has 0 bridgehead atoms. The molecule has 11 heavy (non-hydrogen) atoms. The average molecular weight is 155 g/mol. The summed E-state index contributed by atoms with van der Waals surface area (Å²) in [6.07, 6.45) is 1.68. The standard InChI is InChI=1S/C7H13N3O/c1-5-7(10-4-9-5)2-6(11)3-8/h4,6,11H,2-3,8H2,1H3,(H,9,10). The van der Waals surface area contributed by atoms with Crippen molar-refractivity contribution in [2.24, 2.45) is 5.73 Å². The van der Waals surface area contributed by atoms with E-state index >= 15 is 0 Å². The summed E-state index contributed by atoms with van der Waals surface area (Å²) in [6, 6.07) is 0. The van der Waals surface area contributed by atoms with Gasteiger partial charge in [0.05, 0.1) is 18.1 Å². The molecule has 0 aliphatic heterocycles. The minimum atomic E-state index is -0.475. The number of aliphatic hydroxyl groups is 1. The van der Waals surface area contributed by atoms with Gasteiger partial charge in [-0.15, -0.1) is 0 Å². The molecule has 0 aliphatic rings. The number of aliphatic hydroxyl groups excluding tert-OH is 1. The normalized spacial score (nSPS) is 13.4. The Morgan fingerprint density at radius 3 is 3.00 bits per heavy atom. The number of hydrogen-bond donors (Lipinski definition) is 3. The smallest absolute Gasteiger partial charge is 0.0925 e. The predicted molar refractivity (Wildman–Crippen MR) is 42.1 cm³/mol. The summed E-state index contributed by atoms with van der Waals surface area (Å²) < 4.78 is 0. The molecule has 1 rings (SSSR count). The van der Waals surface area contributed by atoms with E-state index in [-0.39, 0.29) is 6.54 Å². The van der Waals surface area contributed by atoms with Crippen molar-refractivity contribution < 1.29 is 5.11 Å². The molecule has 0 aromatic carbocycles. The molecule has 1 unspecified atom stereocenters. The van der Waals surface area contributed by atoms with Crippen LogP contribution in [0.25, 0.3) is 0 Å². The van der Waals surface area contributed by atoms with Crippen molar-refractivity contribution in [2.45, 2.75) is 19.4 Å². The summed E-state index contributed by atoms with van der Waals surface area (Å²) in [5.74, 6) is 0. The van der Waals surface area contributed by atoms with E-state index in [4.69, 9.17) is 5.73 Å². The van der Waals surface area contributed by atoms with Crippen LogP contribution in [0.4, 0.5) is 0 Å². The van der Waals surface area contributed by atoms with Crippen molar-refractivity contribution in [1.82, 2.24) is 9.97 Å². The van der Waals surface area contributed by atoms with Crippen LogP contribution in [-0.2, 0) is 6.42 Å². The lowest BCUT2D eigenvalue weighted by atomic mass is 10.2. The highest BCUT2D eigenvalue weighted by Crippen LogP contribution is 2.03. The monoisotopic (exact) mass is 155 g/mol. The van der Waals surface area contributed by atoms with Gasteiger partial charge in [-0.2, -0.15) is 0 Å². The Hall–Kier alpha value is -0.870. The van der Waals surface area contributed by atoms with E-state index < -0.39 is 6.10 Å². The van der Waals surface area contributed by atoms with Crippen molar-refractivity contribution in [3.63, 3.8) is 0 Å². The number of nitrogens with one attached hydrogen (secondary N) is 1. The van der Waals surface area contributed by atoms with E-state index in [0.717, 1.165) is 11.4 Å². The number of aryl methyl sites for hydroxylation is 1. The second-order valence-corrected chi connectivity index (χ2v) is 2.57. The minimum absolute atomic E-state index is 0.284. The zero-order valence-corrected chi connectivity index (χ0v) is 6.54. The van der Waals surface area contributed by atoms with Crippen LogP contribution in [0.3, 0.4) is 0 Å². The summed E-state index contributed by atoms with van der Waals surface area (Å²) in [6.45, 7) is 2.21. The first-order chi connectivity index (χ1) is 5.24. The Bertz CT molecular complexity index is 221. The van der Waals surface area contributed by atoms with Crippen LogP contribution < -0.4 is 5.73 Å². The van der Waals surface area contributed by atoms with Gasteiger partial charge in [0, 0.05) is 18.7 Å². The first-order valence-corrected chi connectivity index (χ1v) is 3.61. The van der Waals surface area contributed by atoms with E-state index in [1.807, 2.05) is 6.92 Å². The molecule has 1 atom stereocenters. The molecule has 0 spiro atoms. The van der Waals surface area contributed by atoms with Crippen LogP contribution in [0.15, 0.2) is 6.33 Å². The van der Waals surface area contributed by atoms with Crippen LogP contribution in [0, 0.1) is 6.92 Å². The third-order valence-corrected chi connectivity index (χ3v) is 1.64. The first-order valence-electron chi connectivity index (χ1n) is 3.61. The third-order valence-electron chi connectivity index (χ3n) is 1.64. The molecule has 0 fully saturated rings. The molecular formula is C7H13N3O. The lowest BCUT2D eigenvalue weighted by Crippen LogP contribution is -2.22. The summed E-state index contributed by atoms with van der Waals surface area (Å²) in [5, 5.41) is 9.18. The van der Waals surface area contributed by atoms with E-state index in [0.29, 0.717) is 6.42 Å². The number of nitrogens with two attached hydrogens (primary N) is 1. The first kappa shape index (κ1) is 8.23. The highest BCUT2D eigenvalue weighted by Gasteiger charge is 2.06. The molecule has 0 saturated heterocycles. The summed E-state index contributed by atoms with van der Waals surface area (Å²) in [4.78, 5) is 6.97. The van der Waals surface area contributed by atoms with Crippen molar-refractivity contribution in [3.8, 4) is 0 Å². The van der Waals surface area contributed by atoms with Crippen LogP contribution in [0.5, 0.6) is 0 Å². The lowest BCUT2D eigenvalue weighted by molar-refractivity contribution is 0.182. The quantitative estimate of drug-likeness (QED) is 0.555. The average Bonchev–Trinajstić information content (AvgIpc) is 2.37. The second kappa shape index (κ2) is 3.50. The molecule has 0 aliphatic carbocycles. The fraction of sp³-hybridized carbons (Fsp3) is 0.571. The van der Waals surface area contributed by atoms with Gasteiger partial charge in [-0.05, 0) is 6.92 Å². The molecule has 0 amide bonds. The molecule has 4 N–H and O–H groups in total. The molecule has 4 nitrogen and oxygen atoms in total. The zero-order valence-electron chi connectivity index (χ0n) is 6.54. The summed E-state index contributed by atoms with van der Waals surface area (Å²) in [5.41, 5.74) is 7.14. The van der Waals surface area contributed by atoms with Crippen LogP contribution in [0.2, 0.25) is 0 Å². The number of rotatable bonds is 3. The summed E-state index contributed by atoms with van der Waals surface area (Å²) >= 11 is 0. The SMILES string of the molecule is Cc1[nH]cnc1CC(O)CN. The van der Waals surface area contributed by atoms with E-state index in [1.165, 1.54) is 0 Å². The fourth-order valence-electron chi connectivity index (χ4n) is 0.899. The van der Waals surface area contributed by atoms with Gasteiger partial charge in [-0.3, -0.25) is 0 Å². The lowest BCUT2D eigenvalue weighted by Gasteiger charge is -2.04. The van der Waals surface area contributed by atoms with E-state index in [2.05, 4.69) is 9.97 Å². The number of aromatic nitrogens is 2. The van der Waals surface area contributed by atoms with Crippen molar-refractivity contribution in [3.05, 3.63) is 17.7 Å². The third kappa shape index (κ3) is 2.03. The largest absolute Gasteiger partial charge is 0.391 e. The Balaban J connectivity index is 2.56. The van der Waals surface area contributed by atoms with Crippen LogP contribution >= 0.6 is 0 Å². The van der Waals surface area contributed by atoms with Gasteiger partial charge in [0.1, 0.15) is 0 Å². The highest BCUT2D eigenvalue weighted by molar-refractivity contribution is 5.09. The highest BCUT2D eigenvalue weighted by atomic mass is 16.3. The number of H-pyrrole nitrogens is 1. The van der Waals surface area contributed by atoms with Gasteiger partial charge in [0.15, 0.2) is 0 Å². The van der Waals surface area contributed by atoms with Gasteiger partial charge < -0.3 is 15.8 Å². The number of nitrogens with zero attached hydrogens (tertiary/aromatic N) is 1. The van der Waals surface area contributed by atoms with Crippen LogP contribution in [-0.4, -0.2) is 27.7 Å². The number of hydrogen-bond acceptors (Lipinski definition) is 3. The molecule has 62 valence electrons. The molecule has 0 radical (unpaired) electrons. The van der Waals surface area contributed by atoms with Gasteiger partial charge in [-0.25, -0.2) is 4.98 Å². The van der Waals surface area contributed by atoms with E-state index in [9.17, 15) is 5.11 Å². The number of imidazole rings is 1.